The largest absolute Gasteiger partial charge is 0.508 e. The number of carbonyl (C=O) groups is 2. The topological polar surface area (TPSA) is 78.4 Å². The van der Waals surface area contributed by atoms with Crippen LogP contribution in [-0.4, -0.2) is 16.9 Å². The van der Waals surface area contributed by atoms with E-state index in [0.717, 1.165) is 29.5 Å². The smallest absolute Gasteiger partial charge is 0.247 e. The van der Waals surface area contributed by atoms with Gasteiger partial charge in [0.2, 0.25) is 11.8 Å². The minimum atomic E-state index is -0.288. The third-order valence-corrected chi connectivity index (χ3v) is 4.33. The van der Waals surface area contributed by atoms with Gasteiger partial charge in [-0.25, -0.2) is 0 Å². The monoisotopic (exact) mass is 336 g/mol. The van der Waals surface area contributed by atoms with E-state index in [-0.39, 0.29) is 24.3 Å². The maximum atomic E-state index is 12.4. The maximum Gasteiger partial charge on any atom is 0.247 e. The van der Waals surface area contributed by atoms with E-state index < -0.39 is 0 Å². The van der Waals surface area contributed by atoms with Crippen LogP contribution < -0.4 is 10.6 Å². The van der Waals surface area contributed by atoms with Gasteiger partial charge in [0.05, 0.1) is 12.5 Å². The second kappa shape index (κ2) is 7.21. The van der Waals surface area contributed by atoms with E-state index in [4.69, 9.17) is 0 Å². The van der Waals surface area contributed by atoms with Crippen molar-refractivity contribution in [2.45, 2.75) is 25.3 Å². The Labute approximate surface area is 146 Å². The Kier molecular flexibility index (Phi) is 4.84. The Morgan fingerprint density at radius 1 is 1.24 bits per heavy atom. The van der Waals surface area contributed by atoms with Crippen molar-refractivity contribution in [3.8, 4) is 5.75 Å². The number of aromatic hydroxyl groups is 1. The Bertz CT molecular complexity index is 829. The highest BCUT2D eigenvalue weighted by atomic mass is 16.3. The van der Waals surface area contributed by atoms with E-state index in [9.17, 15) is 14.7 Å². The van der Waals surface area contributed by atoms with Crippen LogP contribution in [0.25, 0.3) is 0 Å². The molecule has 0 saturated heterocycles. The first-order valence-corrected chi connectivity index (χ1v) is 8.19. The van der Waals surface area contributed by atoms with Crippen LogP contribution in [0.3, 0.4) is 0 Å². The molecular weight excluding hydrogens is 316 g/mol. The summed E-state index contributed by atoms with van der Waals surface area (Å²) in [6, 6.07) is 12.5. The SMILES string of the molecule is C=CC(=O)Nc1cccc(CC(=O)NC2CCc3c(O)cccc32)c1. The molecule has 1 aliphatic rings. The zero-order valence-electron chi connectivity index (χ0n) is 13.8. The molecule has 2 aromatic rings. The summed E-state index contributed by atoms with van der Waals surface area (Å²) in [6.07, 6.45) is 2.97. The fourth-order valence-electron chi connectivity index (χ4n) is 3.17. The van der Waals surface area contributed by atoms with Crippen molar-refractivity contribution in [3.05, 3.63) is 71.8 Å². The lowest BCUT2D eigenvalue weighted by atomic mass is 10.1. The van der Waals surface area contributed by atoms with Gasteiger partial charge in [0.25, 0.3) is 0 Å². The summed E-state index contributed by atoms with van der Waals surface area (Å²) in [5, 5.41) is 15.6. The highest BCUT2D eigenvalue weighted by Crippen LogP contribution is 2.36. The first kappa shape index (κ1) is 16.8. The van der Waals surface area contributed by atoms with Crippen molar-refractivity contribution in [3.63, 3.8) is 0 Å². The van der Waals surface area contributed by atoms with Gasteiger partial charge in [-0.05, 0) is 53.8 Å². The van der Waals surface area contributed by atoms with E-state index in [2.05, 4.69) is 17.2 Å². The molecule has 25 heavy (non-hydrogen) atoms. The van der Waals surface area contributed by atoms with Crippen molar-refractivity contribution in [1.29, 1.82) is 0 Å². The van der Waals surface area contributed by atoms with Crippen LogP contribution in [0.4, 0.5) is 5.69 Å². The van der Waals surface area contributed by atoms with E-state index in [1.807, 2.05) is 12.1 Å². The van der Waals surface area contributed by atoms with E-state index in [1.54, 1.807) is 30.3 Å². The standard InChI is InChI=1S/C20H20N2O3/c1-2-19(24)21-14-6-3-5-13(11-14)12-20(25)22-17-10-9-16-15(17)7-4-8-18(16)23/h2-8,11,17,23H,1,9-10,12H2,(H,21,24)(H,22,25). The summed E-state index contributed by atoms with van der Waals surface area (Å²) in [6.45, 7) is 3.42. The Balaban J connectivity index is 1.64. The van der Waals surface area contributed by atoms with Gasteiger partial charge >= 0.3 is 0 Å². The molecule has 0 heterocycles. The highest BCUT2D eigenvalue weighted by Gasteiger charge is 2.25. The molecule has 128 valence electrons. The second-order valence-electron chi connectivity index (χ2n) is 6.07. The van der Waals surface area contributed by atoms with Crippen LogP contribution in [0.1, 0.15) is 29.2 Å². The third-order valence-electron chi connectivity index (χ3n) is 4.33. The number of phenolic OH excluding ortho intramolecular Hbond substituents is 1. The fraction of sp³-hybridized carbons (Fsp3) is 0.200. The van der Waals surface area contributed by atoms with Gasteiger partial charge in [-0.1, -0.05) is 30.8 Å². The molecule has 1 aliphatic carbocycles. The maximum absolute atomic E-state index is 12.4. The third kappa shape index (κ3) is 3.88. The molecule has 0 spiro atoms. The molecule has 0 bridgehead atoms. The zero-order valence-corrected chi connectivity index (χ0v) is 13.8. The lowest BCUT2D eigenvalue weighted by Gasteiger charge is -2.14. The average molecular weight is 336 g/mol. The summed E-state index contributed by atoms with van der Waals surface area (Å²) in [7, 11) is 0. The highest BCUT2D eigenvalue weighted by molar-refractivity contribution is 5.98. The van der Waals surface area contributed by atoms with E-state index >= 15 is 0 Å². The molecule has 2 aromatic carbocycles. The van der Waals surface area contributed by atoms with Gasteiger partial charge in [-0.2, -0.15) is 0 Å². The molecule has 1 unspecified atom stereocenters. The van der Waals surface area contributed by atoms with Crippen LogP contribution in [0.2, 0.25) is 0 Å². The number of carbonyl (C=O) groups excluding carboxylic acids is 2. The van der Waals surface area contributed by atoms with Gasteiger partial charge in [0.15, 0.2) is 0 Å². The molecule has 0 saturated carbocycles. The predicted molar refractivity (Wildman–Crippen MR) is 96.3 cm³/mol. The molecule has 0 radical (unpaired) electrons. The molecule has 1 atom stereocenters. The summed E-state index contributed by atoms with van der Waals surface area (Å²) in [5.41, 5.74) is 3.35. The van der Waals surface area contributed by atoms with Crippen LogP contribution >= 0.6 is 0 Å². The zero-order chi connectivity index (χ0) is 17.8. The lowest BCUT2D eigenvalue weighted by Crippen LogP contribution is -2.28. The van der Waals surface area contributed by atoms with Crippen LogP contribution in [0.15, 0.2) is 55.1 Å². The first-order chi connectivity index (χ1) is 12.1. The summed E-state index contributed by atoms with van der Waals surface area (Å²) in [4.78, 5) is 23.7. The number of phenols is 1. The molecule has 3 N–H and O–H groups in total. The van der Waals surface area contributed by atoms with Crippen LogP contribution in [-0.2, 0) is 22.4 Å². The number of nitrogens with one attached hydrogen (secondary N) is 2. The van der Waals surface area contributed by atoms with Crippen molar-refractivity contribution >= 4 is 17.5 Å². The molecule has 0 aromatic heterocycles. The normalized spacial score (nSPS) is 15.3. The van der Waals surface area contributed by atoms with Crippen molar-refractivity contribution < 1.29 is 14.7 Å². The second-order valence-corrected chi connectivity index (χ2v) is 6.07. The quantitative estimate of drug-likeness (QED) is 0.735. The summed E-state index contributed by atoms with van der Waals surface area (Å²) >= 11 is 0. The number of benzene rings is 2. The van der Waals surface area contributed by atoms with Gasteiger partial charge < -0.3 is 15.7 Å². The minimum Gasteiger partial charge on any atom is -0.508 e. The van der Waals surface area contributed by atoms with Crippen molar-refractivity contribution in [1.82, 2.24) is 5.32 Å². The van der Waals surface area contributed by atoms with Crippen LogP contribution in [0.5, 0.6) is 5.75 Å². The lowest BCUT2D eigenvalue weighted by molar-refractivity contribution is -0.121. The number of fused-ring (bicyclic) bond motifs is 1. The number of amides is 2. The molecule has 2 amide bonds. The number of hydrogen-bond donors (Lipinski definition) is 3. The number of rotatable bonds is 5. The summed E-state index contributed by atoms with van der Waals surface area (Å²) < 4.78 is 0. The predicted octanol–water partition coefficient (Wildman–Crippen LogP) is 2.86. The molecule has 3 rings (SSSR count). The van der Waals surface area contributed by atoms with E-state index in [1.165, 1.54) is 6.08 Å². The summed E-state index contributed by atoms with van der Waals surface area (Å²) in [5.74, 6) is -0.0859. The van der Waals surface area contributed by atoms with Gasteiger partial charge in [-0.3, -0.25) is 9.59 Å². The average Bonchev–Trinajstić information content (AvgIpc) is 2.99. The molecule has 0 fully saturated rings. The molecule has 5 nitrogen and oxygen atoms in total. The number of anilines is 1. The molecule has 0 aliphatic heterocycles. The van der Waals surface area contributed by atoms with Crippen molar-refractivity contribution in [2.24, 2.45) is 0 Å². The minimum absolute atomic E-state index is 0.0711. The van der Waals surface area contributed by atoms with Gasteiger partial charge in [-0.15, -0.1) is 0 Å². The molecule has 5 heteroatoms. The van der Waals surface area contributed by atoms with E-state index in [0.29, 0.717) is 11.4 Å². The van der Waals surface area contributed by atoms with Gasteiger partial charge in [0, 0.05) is 5.69 Å². The molecular formula is C20H20N2O3. The Morgan fingerprint density at radius 3 is 2.84 bits per heavy atom. The van der Waals surface area contributed by atoms with Crippen LogP contribution in [0, 0.1) is 0 Å². The Morgan fingerprint density at radius 2 is 2.04 bits per heavy atom. The fourth-order valence-corrected chi connectivity index (χ4v) is 3.17. The first-order valence-electron chi connectivity index (χ1n) is 8.19. The van der Waals surface area contributed by atoms with Crippen molar-refractivity contribution in [2.75, 3.05) is 5.32 Å². The van der Waals surface area contributed by atoms with Gasteiger partial charge in [0.1, 0.15) is 5.75 Å². The Hall–Kier alpha value is -3.08. The number of hydrogen-bond acceptors (Lipinski definition) is 3.